The molecular weight excluding hydrogens is 466 g/mol. The van der Waals surface area contributed by atoms with Gasteiger partial charge in [-0.25, -0.2) is 9.97 Å². The lowest BCUT2D eigenvalue weighted by molar-refractivity contribution is 1.18. The Labute approximate surface area is 222 Å². The van der Waals surface area contributed by atoms with Gasteiger partial charge in [0.05, 0.1) is 17.1 Å². The van der Waals surface area contributed by atoms with Crippen molar-refractivity contribution < 1.29 is 0 Å². The van der Waals surface area contributed by atoms with Crippen molar-refractivity contribution in [1.29, 1.82) is 0 Å². The minimum Gasteiger partial charge on any atom is -0.256 e. The molecule has 0 aliphatic heterocycles. The Morgan fingerprint density at radius 3 is 1.26 bits per heavy atom. The summed E-state index contributed by atoms with van der Waals surface area (Å²) in [6, 6.07) is 28.8. The van der Waals surface area contributed by atoms with Crippen LogP contribution in [0.3, 0.4) is 0 Å². The van der Waals surface area contributed by atoms with E-state index in [0.717, 1.165) is 61.6 Å². The standard InChI is InChI=1S/C33H25N5/c1-22-3-14-30(34-17-22)26-9-5-25(6-10-26)29-20-37-33(38-21-29)27-11-7-24(8-12-27)28-13-16-32(36-19-28)31-15-4-23(2)18-35-31/h3-21H,1-2H3. The van der Waals surface area contributed by atoms with Crippen LogP contribution in [0.5, 0.6) is 0 Å². The van der Waals surface area contributed by atoms with Crippen molar-refractivity contribution in [2.45, 2.75) is 13.8 Å². The quantitative estimate of drug-likeness (QED) is 0.248. The molecule has 0 aliphatic carbocycles. The average molecular weight is 492 g/mol. The molecule has 6 aromatic rings. The third kappa shape index (κ3) is 4.95. The van der Waals surface area contributed by atoms with E-state index in [1.807, 2.05) is 81.2 Å². The predicted octanol–water partition coefficient (Wildman–Crippen LogP) is 7.61. The largest absolute Gasteiger partial charge is 0.256 e. The summed E-state index contributed by atoms with van der Waals surface area (Å²) in [5, 5.41) is 0. The summed E-state index contributed by atoms with van der Waals surface area (Å²) >= 11 is 0. The van der Waals surface area contributed by atoms with Crippen LogP contribution in [0.25, 0.3) is 56.3 Å². The van der Waals surface area contributed by atoms with Gasteiger partial charge in [0.2, 0.25) is 0 Å². The molecule has 38 heavy (non-hydrogen) atoms. The van der Waals surface area contributed by atoms with E-state index in [4.69, 9.17) is 0 Å². The molecule has 0 aliphatic rings. The molecule has 0 saturated heterocycles. The van der Waals surface area contributed by atoms with Crippen LogP contribution in [0, 0.1) is 13.8 Å². The van der Waals surface area contributed by atoms with Gasteiger partial charge < -0.3 is 0 Å². The van der Waals surface area contributed by atoms with Crippen LogP contribution in [0.4, 0.5) is 0 Å². The van der Waals surface area contributed by atoms with Crippen LogP contribution in [0.15, 0.2) is 116 Å². The number of rotatable bonds is 5. The molecule has 0 radical (unpaired) electrons. The fraction of sp³-hybridized carbons (Fsp3) is 0.0606. The maximum Gasteiger partial charge on any atom is 0.159 e. The van der Waals surface area contributed by atoms with Crippen molar-refractivity contribution in [3.63, 3.8) is 0 Å². The molecule has 0 amide bonds. The van der Waals surface area contributed by atoms with Crippen LogP contribution >= 0.6 is 0 Å². The summed E-state index contributed by atoms with van der Waals surface area (Å²) in [5.74, 6) is 0.694. The summed E-state index contributed by atoms with van der Waals surface area (Å²) in [7, 11) is 0. The molecule has 4 heterocycles. The van der Waals surface area contributed by atoms with Crippen molar-refractivity contribution in [3.8, 4) is 56.3 Å². The van der Waals surface area contributed by atoms with Crippen molar-refractivity contribution in [2.24, 2.45) is 0 Å². The zero-order valence-electron chi connectivity index (χ0n) is 21.2. The average Bonchev–Trinajstić information content (AvgIpc) is 2.98. The van der Waals surface area contributed by atoms with Crippen molar-refractivity contribution in [1.82, 2.24) is 24.9 Å². The molecule has 2 aromatic carbocycles. The van der Waals surface area contributed by atoms with E-state index in [9.17, 15) is 0 Å². The third-order valence-electron chi connectivity index (χ3n) is 6.49. The first-order valence-electron chi connectivity index (χ1n) is 12.5. The number of benzene rings is 2. The molecule has 4 aromatic heterocycles. The highest BCUT2D eigenvalue weighted by molar-refractivity contribution is 5.71. The molecule has 182 valence electrons. The topological polar surface area (TPSA) is 64.5 Å². The van der Waals surface area contributed by atoms with Gasteiger partial charge in [-0.1, -0.05) is 66.7 Å². The molecule has 0 unspecified atom stereocenters. The summed E-state index contributed by atoms with van der Waals surface area (Å²) in [6.45, 7) is 4.07. The number of pyridine rings is 3. The lowest BCUT2D eigenvalue weighted by atomic mass is 10.0. The van der Waals surface area contributed by atoms with Gasteiger partial charge >= 0.3 is 0 Å². The normalized spacial score (nSPS) is 10.9. The maximum absolute atomic E-state index is 4.63. The summed E-state index contributed by atoms with van der Waals surface area (Å²) in [6.07, 6.45) is 9.38. The van der Waals surface area contributed by atoms with E-state index in [-0.39, 0.29) is 0 Å². The SMILES string of the molecule is Cc1ccc(-c2ccc(-c3cnc(-c4ccc(-c5ccc(-c6ccc(C)cn6)nc5)cc4)nc3)cc2)nc1. The third-order valence-corrected chi connectivity index (χ3v) is 6.49. The van der Waals surface area contributed by atoms with Gasteiger partial charge in [-0.2, -0.15) is 0 Å². The van der Waals surface area contributed by atoms with Crippen LogP contribution in [0.1, 0.15) is 11.1 Å². The number of nitrogens with zero attached hydrogens (tertiary/aromatic N) is 5. The van der Waals surface area contributed by atoms with Crippen molar-refractivity contribution in [3.05, 3.63) is 127 Å². The Balaban J connectivity index is 1.16. The minimum absolute atomic E-state index is 0.694. The second kappa shape index (κ2) is 10.1. The molecule has 0 N–H and O–H groups in total. The minimum atomic E-state index is 0.694. The Morgan fingerprint density at radius 1 is 0.316 bits per heavy atom. The summed E-state index contributed by atoms with van der Waals surface area (Å²) in [5.41, 5.74) is 11.2. The van der Waals surface area contributed by atoms with Gasteiger partial charge in [0, 0.05) is 53.2 Å². The highest BCUT2D eigenvalue weighted by atomic mass is 14.9. The lowest BCUT2D eigenvalue weighted by Gasteiger charge is -2.07. The van der Waals surface area contributed by atoms with E-state index < -0.39 is 0 Å². The molecule has 0 saturated carbocycles. The van der Waals surface area contributed by atoms with Gasteiger partial charge in [0.1, 0.15) is 0 Å². The van der Waals surface area contributed by atoms with Crippen LogP contribution in [-0.4, -0.2) is 24.9 Å². The first-order valence-corrected chi connectivity index (χ1v) is 12.5. The lowest BCUT2D eigenvalue weighted by Crippen LogP contribution is -1.91. The van der Waals surface area contributed by atoms with E-state index in [0.29, 0.717) is 5.82 Å². The number of hydrogen-bond acceptors (Lipinski definition) is 5. The monoisotopic (exact) mass is 491 g/mol. The number of aromatic nitrogens is 5. The zero-order chi connectivity index (χ0) is 25.9. The maximum atomic E-state index is 4.63. The van der Waals surface area contributed by atoms with Gasteiger partial charge in [0.15, 0.2) is 5.82 Å². The zero-order valence-corrected chi connectivity index (χ0v) is 21.2. The van der Waals surface area contributed by atoms with Gasteiger partial charge in [-0.3, -0.25) is 15.0 Å². The van der Waals surface area contributed by atoms with E-state index >= 15 is 0 Å². The first-order chi connectivity index (χ1) is 18.6. The Morgan fingerprint density at radius 2 is 0.737 bits per heavy atom. The molecule has 5 nitrogen and oxygen atoms in total. The molecule has 0 atom stereocenters. The fourth-order valence-electron chi connectivity index (χ4n) is 4.25. The Kier molecular flexibility index (Phi) is 6.24. The van der Waals surface area contributed by atoms with Crippen LogP contribution in [-0.2, 0) is 0 Å². The second-order valence-corrected chi connectivity index (χ2v) is 9.32. The van der Waals surface area contributed by atoms with Gasteiger partial charge in [-0.05, 0) is 54.3 Å². The molecule has 6 rings (SSSR count). The summed E-state index contributed by atoms with van der Waals surface area (Å²) < 4.78 is 0. The number of hydrogen-bond donors (Lipinski definition) is 0. The Bertz CT molecular complexity index is 1520. The molecule has 0 spiro atoms. The molecule has 0 fully saturated rings. The first kappa shape index (κ1) is 23.4. The molecular formula is C33H25N5. The van der Waals surface area contributed by atoms with Gasteiger partial charge in [0.25, 0.3) is 0 Å². The van der Waals surface area contributed by atoms with Gasteiger partial charge in [-0.15, -0.1) is 0 Å². The van der Waals surface area contributed by atoms with E-state index in [1.165, 1.54) is 0 Å². The fourth-order valence-corrected chi connectivity index (χ4v) is 4.25. The molecule has 5 heteroatoms. The second-order valence-electron chi connectivity index (χ2n) is 9.32. The smallest absolute Gasteiger partial charge is 0.159 e. The molecule has 0 bridgehead atoms. The van der Waals surface area contributed by atoms with E-state index in [1.54, 1.807) is 0 Å². The van der Waals surface area contributed by atoms with Crippen LogP contribution in [0.2, 0.25) is 0 Å². The highest BCUT2D eigenvalue weighted by Gasteiger charge is 2.07. The van der Waals surface area contributed by atoms with Crippen molar-refractivity contribution in [2.75, 3.05) is 0 Å². The van der Waals surface area contributed by atoms with Crippen LogP contribution < -0.4 is 0 Å². The van der Waals surface area contributed by atoms with Crippen molar-refractivity contribution >= 4 is 0 Å². The Hall–Kier alpha value is -5.03. The summed E-state index contributed by atoms with van der Waals surface area (Å²) in [4.78, 5) is 22.8. The van der Waals surface area contributed by atoms with E-state index in [2.05, 4.69) is 73.5 Å². The number of aryl methyl sites for hydroxylation is 2. The predicted molar refractivity (Wildman–Crippen MR) is 152 cm³/mol. The highest BCUT2D eigenvalue weighted by Crippen LogP contribution is 2.27.